The molecule has 1 aromatic rings. The number of carbonyl (C=O) groups excluding carboxylic acids is 1. The molecular formula is C13H21ClN2O. The fraction of sp³-hybridized carbons (Fsp3) is 0.462. The first-order chi connectivity index (χ1) is 7.67. The van der Waals surface area contributed by atoms with Gasteiger partial charge in [-0.1, -0.05) is 26.0 Å². The summed E-state index contributed by atoms with van der Waals surface area (Å²) in [7, 11) is 1.91. The normalized spacial score (nSPS) is 11.5. The zero-order valence-corrected chi connectivity index (χ0v) is 11.4. The summed E-state index contributed by atoms with van der Waals surface area (Å²) >= 11 is 0. The lowest BCUT2D eigenvalue weighted by atomic mass is 10.1. The molecule has 0 saturated heterocycles. The number of hydrogen-bond donors (Lipinski definition) is 2. The first-order valence-electron chi connectivity index (χ1n) is 5.71. The van der Waals surface area contributed by atoms with Crippen LogP contribution in [0.3, 0.4) is 0 Å². The Morgan fingerprint density at radius 1 is 1.41 bits per heavy atom. The maximum absolute atomic E-state index is 11.7. The van der Waals surface area contributed by atoms with Gasteiger partial charge in [0.2, 0.25) is 5.91 Å². The van der Waals surface area contributed by atoms with Crippen molar-refractivity contribution in [2.24, 2.45) is 5.92 Å². The molecule has 0 radical (unpaired) electrons. The molecule has 0 aliphatic heterocycles. The van der Waals surface area contributed by atoms with Crippen LogP contribution in [0.25, 0.3) is 0 Å². The van der Waals surface area contributed by atoms with Gasteiger partial charge in [0.1, 0.15) is 0 Å². The van der Waals surface area contributed by atoms with Crippen molar-refractivity contribution in [3.63, 3.8) is 0 Å². The lowest BCUT2D eigenvalue weighted by molar-refractivity contribution is -0.119. The third kappa shape index (κ3) is 5.20. The number of amides is 1. The Bertz CT molecular complexity index is 355. The molecule has 1 aromatic carbocycles. The molecule has 0 aliphatic carbocycles. The van der Waals surface area contributed by atoms with Crippen molar-refractivity contribution in [3.8, 4) is 0 Å². The molecule has 1 unspecified atom stereocenters. The molecule has 0 aromatic heterocycles. The third-order valence-corrected chi connectivity index (χ3v) is 2.64. The van der Waals surface area contributed by atoms with Gasteiger partial charge in [0.25, 0.3) is 0 Å². The molecule has 0 spiro atoms. The minimum atomic E-state index is 0. The fourth-order valence-corrected chi connectivity index (χ4v) is 1.41. The summed E-state index contributed by atoms with van der Waals surface area (Å²) < 4.78 is 0. The number of carbonyl (C=O) groups is 1. The highest BCUT2D eigenvalue weighted by Crippen LogP contribution is 2.12. The Hall–Kier alpha value is -1.06. The second-order valence-electron chi connectivity index (χ2n) is 4.03. The fourth-order valence-electron chi connectivity index (χ4n) is 1.41. The van der Waals surface area contributed by atoms with Crippen molar-refractivity contribution in [2.45, 2.75) is 26.8 Å². The van der Waals surface area contributed by atoms with Gasteiger partial charge in [-0.15, -0.1) is 12.4 Å². The van der Waals surface area contributed by atoms with Crippen LogP contribution in [0.2, 0.25) is 0 Å². The van der Waals surface area contributed by atoms with Gasteiger partial charge in [-0.25, -0.2) is 0 Å². The second kappa shape index (κ2) is 8.09. The zero-order chi connectivity index (χ0) is 12.0. The highest BCUT2D eigenvalue weighted by molar-refractivity contribution is 5.92. The highest BCUT2D eigenvalue weighted by atomic mass is 35.5. The van der Waals surface area contributed by atoms with Gasteiger partial charge in [0.05, 0.1) is 0 Å². The molecule has 1 rings (SSSR count). The van der Waals surface area contributed by atoms with E-state index in [-0.39, 0.29) is 24.2 Å². The SMILES string of the molecule is CCC(C)C(=O)Nc1cccc(CNC)c1.Cl. The van der Waals surface area contributed by atoms with Crippen molar-refractivity contribution in [3.05, 3.63) is 29.8 Å². The monoisotopic (exact) mass is 256 g/mol. The van der Waals surface area contributed by atoms with Gasteiger partial charge in [-0.3, -0.25) is 4.79 Å². The molecular weight excluding hydrogens is 236 g/mol. The molecule has 0 heterocycles. The summed E-state index contributed by atoms with van der Waals surface area (Å²) in [5.74, 6) is 0.150. The van der Waals surface area contributed by atoms with Crippen molar-refractivity contribution in [1.82, 2.24) is 5.32 Å². The van der Waals surface area contributed by atoms with Crippen molar-refractivity contribution in [1.29, 1.82) is 0 Å². The lowest BCUT2D eigenvalue weighted by Crippen LogP contribution is -2.19. The largest absolute Gasteiger partial charge is 0.326 e. The zero-order valence-electron chi connectivity index (χ0n) is 10.6. The van der Waals surface area contributed by atoms with E-state index in [1.165, 1.54) is 5.56 Å². The van der Waals surface area contributed by atoms with Gasteiger partial charge < -0.3 is 10.6 Å². The third-order valence-electron chi connectivity index (χ3n) is 2.64. The molecule has 1 amide bonds. The van der Waals surface area contributed by atoms with E-state index in [1.807, 2.05) is 45.2 Å². The van der Waals surface area contributed by atoms with Crippen molar-refractivity contribution < 1.29 is 4.79 Å². The molecule has 0 fully saturated rings. The van der Waals surface area contributed by atoms with Gasteiger partial charge in [-0.05, 0) is 31.2 Å². The van der Waals surface area contributed by atoms with E-state index in [2.05, 4.69) is 10.6 Å². The van der Waals surface area contributed by atoms with Crippen LogP contribution in [-0.4, -0.2) is 13.0 Å². The molecule has 3 nitrogen and oxygen atoms in total. The van der Waals surface area contributed by atoms with Crippen LogP contribution in [0.5, 0.6) is 0 Å². The number of nitrogens with one attached hydrogen (secondary N) is 2. The van der Waals surface area contributed by atoms with Crippen molar-refractivity contribution in [2.75, 3.05) is 12.4 Å². The van der Waals surface area contributed by atoms with Crippen LogP contribution >= 0.6 is 12.4 Å². The smallest absolute Gasteiger partial charge is 0.227 e. The summed E-state index contributed by atoms with van der Waals surface area (Å²) in [6.45, 7) is 4.77. The number of halogens is 1. The molecule has 1 atom stereocenters. The van der Waals surface area contributed by atoms with Crippen LogP contribution in [0.15, 0.2) is 24.3 Å². The first kappa shape index (κ1) is 15.9. The maximum Gasteiger partial charge on any atom is 0.227 e. The first-order valence-corrected chi connectivity index (χ1v) is 5.71. The Morgan fingerprint density at radius 2 is 2.12 bits per heavy atom. The molecule has 2 N–H and O–H groups in total. The van der Waals surface area contributed by atoms with E-state index in [4.69, 9.17) is 0 Å². The van der Waals surface area contributed by atoms with E-state index >= 15 is 0 Å². The lowest BCUT2D eigenvalue weighted by Gasteiger charge is -2.10. The predicted octanol–water partition coefficient (Wildman–Crippen LogP) is 2.81. The Kier molecular flexibility index (Phi) is 7.59. The van der Waals surface area contributed by atoms with E-state index in [1.54, 1.807) is 0 Å². The minimum Gasteiger partial charge on any atom is -0.326 e. The van der Waals surface area contributed by atoms with Crippen LogP contribution in [0.4, 0.5) is 5.69 Å². The van der Waals surface area contributed by atoms with Gasteiger partial charge in [0, 0.05) is 18.2 Å². The molecule has 0 bridgehead atoms. The van der Waals surface area contributed by atoms with E-state index in [0.717, 1.165) is 18.7 Å². The topological polar surface area (TPSA) is 41.1 Å². The predicted molar refractivity (Wildman–Crippen MR) is 74.5 cm³/mol. The van der Waals surface area contributed by atoms with Crippen molar-refractivity contribution >= 4 is 24.0 Å². The second-order valence-corrected chi connectivity index (χ2v) is 4.03. The highest BCUT2D eigenvalue weighted by Gasteiger charge is 2.10. The Labute approximate surface area is 109 Å². The molecule has 96 valence electrons. The van der Waals surface area contributed by atoms with Gasteiger partial charge in [-0.2, -0.15) is 0 Å². The van der Waals surface area contributed by atoms with E-state index in [0.29, 0.717) is 0 Å². The van der Waals surface area contributed by atoms with Gasteiger partial charge in [0.15, 0.2) is 0 Å². The average Bonchev–Trinajstić information content (AvgIpc) is 2.29. The summed E-state index contributed by atoms with van der Waals surface area (Å²) in [6, 6.07) is 7.91. The van der Waals surface area contributed by atoms with Crippen LogP contribution in [0, 0.1) is 5.92 Å². The molecule has 0 aliphatic rings. The van der Waals surface area contributed by atoms with Crippen LogP contribution < -0.4 is 10.6 Å². The standard InChI is InChI=1S/C13H20N2O.ClH/c1-4-10(2)13(16)15-12-7-5-6-11(8-12)9-14-3;/h5-8,10,14H,4,9H2,1-3H3,(H,15,16);1H. The summed E-state index contributed by atoms with van der Waals surface area (Å²) in [6.07, 6.45) is 0.863. The summed E-state index contributed by atoms with van der Waals surface area (Å²) in [5.41, 5.74) is 2.04. The number of hydrogen-bond acceptors (Lipinski definition) is 2. The van der Waals surface area contributed by atoms with Crippen LogP contribution in [0.1, 0.15) is 25.8 Å². The van der Waals surface area contributed by atoms with Crippen LogP contribution in [-0.2, 0) is 11.3 Å². The minimum absolute atomic E-state index is 0. The Balaban J connectivity index is 0.00000256. The molecule has 0 saturated carbocycles. The maximum atomic E-state index is 11.7. The summed E-state index contributed by atoms with van der Waals surface area (Å²) in [4.78, 5) is 11.7. The van der Waals surface area contributed by atoms with E-state index < -0.39 is 0 Å². The number of benzene rings is 1. The quantitative estimate of drug-likeness (QED) is 0.851. The van der Waals surface area contributed by atoms with Gasteiger partial charge >= 0.3 is 0 Å². The van der Waals surface area contributed by atoms with E-state index in [9.17, 15) is 4.79 Å². The number of anilines is 1. The summed E-state index contributed by atoms with van der Waals surface area (Å²) in [5, 5.41) is 6.01. The average molecular weight is 257 g/mol. The molecule has 4 heteroatoms. The molecule has 17 heavy (non-hydrogen) atoms. The number of rotatable bonds is 5. The Morgan fingerprint density at radius 3 is 2.71 bits per heavy atom.